The highest BCUT2D eigenvalue weighted by Gasteiger charge is 2.21. The third-order valence-corrected chi connectivity index (χ3v) is 3.85. The van der Waals surface area contributed by atoms with Crippen molar-refractivity contribution in [1.82, 2.24) is 9.82 Å². The average molecular weight is 293 g/mol. The molecule has 0 aliphatic rings. The summed E-state index contributed by atoms with van der Waals surface area (Å²) in [5.74, 6) is -0.210. The normalized spacial score (nSPS) is 14.6. The molecule has 0 aliphatic carbocycles. The van der Waals surface area contributed by atoms with E-state index in [2.05, 4.69) is 14.6 Å². The molecule has 0 saturated heterocycles. The van der Waals surface area contributed by atoms with Crippen LogP contribution in [0.15, 0.2) is 5.38 Å². The maximum atomic E-state index is 11.2. The minimum Gasteiger partial charge on any atom is -0.464 e. The van der Waals surface area contributed by atoms with Crippen LogP contribution in [0.1, 0.15) is 41.9 Å². The second-order valence-corrected chi connectivity index (χ2v) is 5.38. The van der Waals surface area contributed by atoms with Crippen LogP contribution in [-0.2, 0) is 4.74 Å². The molecule has 0 saturated carbocycles. The fourth-order valence-corrected chi connectivity index (χ4v) is 2.55. The lowest BCUT2D eigenvalue weighted by atomic mass is 9.99. The van der Waals surface area contributed by atoms with E-state index in [0.29, 0.717) is 11.4 Å². The quantitative estimate of drug-likeness (QED) is 0.621. The van der Waals surface area contributed by atoms with Gasteiger partial charge in [0.1, 0.15) is 11.1 Å². The Labute approximate surface area is 115 Å². The molecule has 1 aromatic heterocycles. The van der Waals surface area contributed by atoms with Crippen molar-refractivity contribution in [1.29, 1.82) is 0 Å². The molecule has 0 bridgehead atoms. The Morgan fingerprint density at radius 3 is 2.83 bits per heavy atom. The zero-order chi connectivity index (χ0) is 13.7. The molecule has 5 nitrogen and oxygen atoms in total. The molecule has 2 atom stereocenters. The third kappa shape index (κ3) is 3.91. The van der Waals surface area contributed by atoms with Crippen LogP contribution in [0.4, 0.5) is 0 Å². The van der Waals surface area contributed by atoms with Crippen LogP contribution in [0.25, 0.3) is 0 Å². The summed E-state index contributed by atoms with van der Waals surface area (Å²) in [5, 5.41) is 12.1. The Bertz CT molecular complexity index is 397. The Kier molecular flexibility index (Phi) is 6.01. The largest absolute Gasteiger partial charge is 0.464 e. The smallest absolute Gasteiger partial charge is 0.357 e. The number of ether oxygens (including phenoxy) is 1. The van der Waals surface area contributed by atoms with Crippen molar-refractivity contribution in [2.75, 3.05) is 7.11 Å². The first-order valence-electron chi connectivity index (χ1n) is 5.57. The molecule has 0 amide bonds. The zero-order valence-electron chi connectivity index (χ0n) is 10.5. The van der Waals surface area contributed by atoms with Gasteiger partial charge >= 0.3 is 5.97 Å². The second-order valence-electron chi connectivity index (χ2n) is 4.27. The Hall–Kier alpha value is -0.690. The van der Waals surface area contributed by atoms with Crippen molar-refractivity contribution in [3.05, 3.63) is 16.1 Å². The van der Waals surface area contributed by atoms with Crippen LogP contribution in [0, 0.1) is 5.92 Å². The number of thiazole rings is 1. The molecule has 0 unspecified atom stereocenters. The molecule has 1 heterocycles. The molecule has 18 heavy (non-hydrogen) atoms. The number of aliphatic hydroxyl groups excluding tert-OH is 1. The summed E-state index contributed by atoms with van der Waals surface area (Å²) in [4.78, 5) is 17.9. The number of halogens is 1. The number of methoxy groups -OCH3 is 1. The van der Waals surface area contributed by atoms with E-state index in [1.54, 1.807) is 5.38 Å². The van der Waals surface area contributed by atoms with Gasteiger partial charge in [0, 0.05) is 11.4 Å². The van der Waals surface area contributed by atoms with Crippen molar-refractivity contribution in [2.24, 2.45) is 5.92 Å². The Morgan fingerprint density at radius 2 is 2.33 bits per heavy atom. The van der Waals surface area contributed by atoms with Gasteiger partial charge < -0.3 is 9.84 Å². The minimum absolute atomic E-state index is 0.0212. The molecule has 0 spiro atoms. The molecule has 0 radical (unpaired) electrons. The van der Waals surface area contributed by atoms with Crippen molar-refractivity contribution in [3.8, 4) is 0 Å². The minimum atomic E-state index is -0.743. The van der Waals surface area contributed by atoms with Gasteiger partial charge in [0.2, 0.25) is 0 Å². The first-order valence-corrected chi connectivity index (χ1v) is 6.83. The topological polar surface area (TPSA) is 71.5 Å². The van der Waals surface area contributed by atoms with Crippen LogP contribution < -0.4 is 4.84 Å². The highest BCUT2D eigenvalue weighted by atomic mass is 35.5. The zero-order valence-corrected chi connectivity index (χ0v) is 12.1. The SMILES string of the molecule is COC(=O)c1csc([C@H](O)C[C@@H](NCl)C(C)C)n1. The lowest BCUT2D eigenvalue weighted by Crippen LogP contribution is -2.29. The molecular formula is C11H17ClN2O3S. The fourth-order valence-electron chi connectivity index (χ4n) is 1.42. The number of carbonyl (C=O) groups is 1. The molecule has 0 fully saturated rings. The molecule has 102 valence electrons. The summed E-state index contributed by atoms with van der Waals surface area (Å²) in [6, 6.07) is -0.0212. The number of hydrogen-bond acceptors (Lipinski definition) is 6. The summed E-state index contributed by atoms with van der Waals surface area (Å²) in [7, 11) is 1.30. The fraction of sp³-hybridized carbons (Fsp3) is 0.636. The van der Waals surface area contributed by atoms with Gasteiger partial charge in [0.15, 0.2) is 5.69 Å². The van der Waals surface area contributed by atoms with E-state index in [-0.39, 0.29) is 17.7 Å². The van der Waals surface area contributed by atoms with Crippen LogP contribution in [0.3, 0.4) is 0 Å². The predicted molar refractivity (Wildman–Crippen MR) is 70.6 cm³/mol. The molecule has 1 rings (SSSR count). The number of nitrogens with one attached hydrogen (secondary N) is 1. The van der Waals surface area contributed by atoms with E-state index in [9.17, 15) is 9.90 Å². The number of nitrogens with zero attached hydrogens (tertiary/aromatic N) is 1. The maximum Gasteiger partial charge on any atom is 0.357 e. The van der Waals surface area contributed by atoms with Crippen molar-refractivity contribution < 1.29 is 14.6 Å². The second kappa shape index (κ2) is 7.04. The summed E-state index contributed by atoms with van der Waals surface area (Å²) < 4.78 is 4.56. The molecule has 2 N–H and O–H groups in total. The van der Waals surface area contributed by atoms with Gasteiger partial charge in [0.25, 0.3) is 0 Å². The van der Waals surface area contributed by atoms with Crippen molar-refractivity contribution >= 4 is 29.1 Å². The molecular weight excluding hydrogens is 276 g/mol. The first kappa shape index (κ1) is 15.4. The molecule has 1 aromatic rings. The van der Waals surface area contributed by atoms with Crippen LogP contribution in [0.2, 0.25) is 0 Å². The van der Waals surface area contributed by atoms with Gasteiger partial charge in [0.05, 0.1) is 7.11 Å². The summed E-state index contributed by atoms with van der Waals surface area (Å²) in [6.07, 6.45) is -0.304. The molecule has 7 heteroatoms. The van der Waals surface area contributed by atoms with Gasteiger partial charge in [-0.05, 0) is 24.1 Å². The van der Waals surface area contributed by atoms with E-state index >= 15 is 0 Å². The summed E-state index contributed by atoms with van der Waals surface area (Å²) in [6.45, 7) is 4.02. The van der Waals surface area contributed by atoms with Crippen LogP contribution in [-0.4, -0.2) is 29.2 Å². The summed E-state index contributed by atoms with van der Waals surface area (Å²) >= 11 is 6.85. The number of aromatic nitrogens is 1. The summed E-state index contributed by atoms with van der Waals surface area (Å²) in [5.41, 5.74) is 0.219. The van der Waals surface area contributed by atoms with Gasteiger partial charge in [-0.25, -0.2) is 14.6 Å². The number of rotatable bonds is 6. The monoisotopic (exact) mass is 292 g/mol. The van der Waals surface area contributed by atoms with Gasteiger partial charge in [-0.1, -0.05) is 13.8 Å². The number of esters is 1. The van der Waals surface area contributed by atoms with E-state index in [1.807, 2.05) is 13.8 Å². The number of carbonyl (C=O) groups excluding carboxylic acids is 1. The molecule has 0 aliphatic heterocycles. The Morgan fingerprint density at radius 1 is 1.67 bits per heavy atom. The lowest BCUT2D eigenvalue weighted by Gasteiger charge is -2.20. The first-order chi connectivity index (χ1) is 8.49. The lowest BCUT2D eigenvalue weighted by molar-refractivity contribution is 0.0594. The van der Waals surface area contributed by atoms with Gasteiger partial charge in [-0.2, -0.15) is 0 Å². The van der Waals surface area contributed by atoms with E-state index < -0.39 is 12.1 Å². The van der Waals surface area contributed by atoms with E-state index in [0.717, 1.165) is 0 Å². The highest BCUT2D eigenvalue weighted by Crippen LogP contribution is 2.24. The molecule has 0 aromatic carbocycles. The van der Waals surface area contributed by atoms with Crippen LogP contribution >= 0.6 is 23.1 Å². The highest BCUT2D eigenvalue weighted by molar-refractivity contribution is 7.09. The standard InChI is InChI=1S/C11H17ClN2O3S/c1-6(2)7(14-12)4-9(15)10-13-8(5-18-10)11(16)17-3/h5-7,9,14-15H,4H2,1-3H3/t7-,9-/m1/s1. The maximum absolute atomic E-state index is 11.2. The van der Waals surface area contributed by atoms with Crippen molar-refractivity contribution in [3.63, 3.8) is 0 Å². The van der Waals surface area contributed by atoms with Crippen molar-refractivity contribution in [2.45, 2.75) is 32.4 Å². The van der Waals surface area contributed by atoms with Gasteiger partial charge in [-0.15, -0.1) is 11.3 Å². The Balaban J connectivity index is 2.69. The average Bonchev–Trinajstić information content (AvgIpc) is 2.83. The van der Waals surface area contributed by atoms with E-state index in [4.69, 9.17) is 11.8 Å². The van der Waals surface area contributed by atoms with Crippen LogP contribution in [0.5, 0.6) is 0 Å². The van der Waals surface area contributed by atoms with Gasteiger partial charge in [-0.3, -0.25) is 0 Å². The third-order valence-electron chi connectivity index (χ3n) is 2.62. The number of hydrogen-bond donors (Lipinski definition) is 2. The number of aliphatic hydroxyl groups is 1. The van der Waals surface area contributed by atoms with E-state index in [1.165, 1.54) is 18.4 Å². The predicted octanol–water partition coefficient (Wildman–Crippen LogP) is 2.12.